The minimum absolute atomic E-state index is 0.0674. The molecule has 1 amide bonds. The summed E-state index contributed by atoms with van der Waals surface area (Å²) in [7, 11) is 1.72. The summed E-state index contributed by atoms with van der Waals surface area (Å²) < 4.78 is 15.5. The minimum atomic E-state index is -0.588. The maximum Gasteiger partial charge on any atom is 0.259 e. The molecule has 0 aliphatic carbocycles. The number of rotatable bonds is 2. The van der Waals surface area contributed by atoms with Crippen molar-refractivity contribution in [2.45, 2.75) is 6.92 Å². The van der Waals surface area contributed by atoms with Gasteiger partial charge in [0.15, 0.2) is 0 Å². The van der Waals surface area contributed by atoms with Crippen LogP contribution in [0, 0.1) is 24.6 Å². The third-order valence-corrected chi connectivity index (χ3v) is 3.01. The second-order valence-corrected chi connectivity index (χ2v) is 4.38. The third kappa shape index (κ3) is 3.27. The van der Waals surface area contributed by atoms with Crippen LogP contribution >= 0.6 is 0 Å². The molecule has 0 aliphatic heterocycles. The lowest BCUT2D eigenvalue weighted by Crippen LogP contribution is -2.14. The monoisotopic (exact) mass is 287 g/mol. The largest absolute Gasteiger partial charge is 0.384 e. The van der Waals surface area contributed by atoms with Crippen LogP contribution in [0.25, 0.3) is 0 Å². The van der Waals surface area contributed by atoms with Crippen molar-refractivity contribution in [2.75, 3.05) is 11.9 Å². The fraction of sp³-hybridized carbons (Fsp3) is 0.200. The number of anilines is 1. The van der Waals surface area contributed by atoms with Crippen molar-refractivity contribution in [3.05, 3.63) is 47.0 Å². The number of benzene rings is 1. The fourth-order valence-electron chi connectivity index (χ4n) is 1.75. The van der Waals surface area contributed by atoms with Gasteiger partial charge >= 0.3 is 0 Å². The van der Waals surface area contributed by atoms with E-state index in [1.807, 2.05) is 0 Å². The first-order valence-electron chi connectivity index (χ1n) is 6.22. The molecule has 0 spiro atoms. The number of aryl methyl sites for hydroxylation is 1. The molecule has 5 nitrogen and oxygen atoms in total. The Morgan fingerprint density at radius 1 is 1.52 bits per heavy atom. The van der Waals surface area contributed by atoms with Crippen LogP contribution in [0.4, 0.5) is 10.1 Å². The molecule has 1 heterocycles. The molecule has 0 fully saturated rings. The minimum Gasteiger partial charge on any atom is -0.384 e. The predicted molar refractivity (Wildman–Crippen MR) is 76.3 cm³/mol. The molecule has 21 heavy (non-hydrogen) atoms. The summed E-state index contributed by atoms with van der Waals surface area (Å²) in [6.45, 7) is 1.46. The topological polar surface area (TPSA) is 67.2 Å². The Kier molecular flexibility index (Phi) is 4.36. The summed E-state index contributed by atoms with van der Waals surface area (Å²) in [6, 6.07) is 4.20. The molecule has 2 aromatic rings. The highest BCUT2D eigenvalue weighted by Gasteiger charge is 2.14. The van der Waals surface area contributed by atoms with Gasteiger partial charge in [0.25, 0.3) is 5.91 Å². The molecule has 0 saturated heterocycles. The molecule has 0 saturated carbocycles. The normalized spacial score (nSPS) is 9.90. The maximum absolute atomic E-state index is 13.9. The van der Waals surface area contributed by atoms with Crippen molar-refractivity contribution in [1.29, 1.82) is 0 Å². The van der Waals surface area contributed by atoms with Crippen LogP contribution in [0.3, 0.4) is 0 Å². The molecule has 0 radical (unpaired) electrons. The smallest absolute Gasteiger partial charge is 0.259 e. The van der Waals surface area contributed by atoms with E-state index in [0.717, 1.165) is 0 Å². The molecule has 2 rings (SSSR count). The van der Waals surface area contributed by atoms with Crippen molar-refractivity contribution in [1.82, 2.24) is 9.78 Å². The van der Waals surface area contributed by atoms with Crippen LogP contribution < -0.4 is 5.32 Å². The summed E-state index contributed by atoms with van der Waals surface area (Å²) in [4.78, 5) is 12.1. The lowest BCUT2D eigenvalue weighted by Gasteiger charge is -2.06. The van der Waals surface area contributed by atoms with Crippen molar-refractivity contribution in [3.63, 3.8) is 0 Å². The van der Waals surface area contributed by atoms with E-state index in [9.17, 15) is 9.18 Å². The average Bonchev–Trinajstić information content (AvgIpc) is 2.79. The van der Waals surface area contributed by atoms with E-state index in [4.69, 9.17) is 5.11 Å². The first-order valence-corrected chi connectivity index (χ1v) is 6.22. The van der Waals surface area contributed by atoms with Gasteiger partial charge in [-0.25, -0.2) is 4.39 Å². The zero-order chi connectivity index (χ0) is 15.4. The number of aliphatic hydroxyl groups is 1. The lowest BCUT2D eigenvalue weighted by molar-refractivity contribution is 0.102. The van der Waals surface area contributed by atoms with Crippen LogP contribution in [0.1, 0.15) is 21.6 Å². The Morgan fingerprint density at radius 2 is 2.29 bits per heavy atom. The van der Waals surface area contributed by atoms with Crippen LogP contribution in [0.15, 0.2) is 24.4 Å². The number of carbonyl (C=O) groups is 1. The van der Waals surface area contributed by atoms with Gasteiger partial charge in [-0.15, -0.1) is 0 Å². The molecular formula is C15H14FN3O2. The van der Waals surface area contributed by atoms with Gasteiger partial charge in [0.2, 0.25) is 0 Å². The fourth-order valence-corrected chi connectivity index (χ4v) is 1.75. The highest BCUT2D eigenvalue weighted by Crippen LogP contribution is 2.17. The lowest BCUT2D eigenvalue weighted by atomic mass is 10.2. The van der Waals surface area contributed by atoms with E-state index >= 15 is 0 Å². The zero-order valence-corrected chi connectivity index (χ0v) is 11.6. The van der Waals surface area contributed by atoms with Crippen LogP contribution in [-0.2, 0) is 7.05 Å². The van der Waals surface area contributed by atoms with Crippen molar-refractivity contribution in [3.8, 4) is 11.8 Å². The Bertz CT molecular complexity index is 741. The summed E-state index contributed by atoms with van der Waals surface area (Å²) in [5.74, 6) is 4.01. The molecule has 0 unspecified atom stereocenters. The van der Waals surface area contributed by atoms with Crippen molar-refractivity contribution < 1.29 is 14.3 Å². The molecule has 0 atom stereocenters. The average molecular weight is 287 g/mol. The zero-order valence-electron chi connectivity index (χ0n) is 11.6. The van der Waals surface area contributed by atoms with Gasteiger partial charge < -0.3 is 10.4 Å². The van der Waals surface area contributed by atoms with E-state index < -0.39 is 11.7 Å². The first-order chi connectivity index (χ1) is 10.0. The summed E-state index contributed by atoms with van der Waals surface area (Å²) in [5, 5.41) is 15.1. The number of aromatic nitrogens is 2. The van der Waals surface area contributed by atoms with Gasteiger partial charge in [-0.05, 0) is 25.1 Å². The number of aliphatic hydroxyl groups excluding tert-OH is 1. The number of nitrogens with zero attached hydrogens (tertiary/aromatic N) is 2. The number of amides is 1. The van der Waals surface area contributed by atoms with E-state index in [-0.39, 0.29) is 12.3 Å². The predicted octanol–water partition coefficient (Wildman–Crippen LogP) is 1.46. The Hall–Kier alpha value is -2.65. The first kappa shape index (κ1) is 14.8. The van der Waals surface area contributed by atoms with Crippen LogP contribution in [0.2, 0.25) is 0 Å². The number of hydrogen-bond acceptors (Lipinski definition) is 3. The van der Waals surface area contributed by atoms with Crippen LogP contribution in [0.5, 0.6) is 0 Å². The van der Waals surface area contributed by atoms with Crippen molar-refractivity contribution >= 4 is 11.6 Å². The Morgan fingerprint density at radius 3 is 2.86 bits per heavy atom. The SMILES string of the molecule is Cc1c(C(=O)Nc2ccc(C#CCO)cc2F)cnn1C. The van der Waals surface area contributed by atoms with Gasteiger partial charge in [0, 0.05) is 18.3 Å². The molecular weight excluding hydrogens is 273 g/mol. The van der Waals surface area contributed by atoms with E-state index in [2.05, 4.69) is 22.3 Å². The van der Waals surface area contributed by atoms with Gasteiger partial charge in [-0.2, -0.15) is 5.10 Å². The van der Waals surface area contributed by atoms with Gasteiger partial charge in [0.1, 0.15) is 12.4 Å². The number of hydrogen-bond donors (Lipinski definition) is 2. The molecule has 108 valence electrons. The summed E-state index contributed by atoms with van der Waals surface area (Å²) >= 11 is 0. The van der Waals surface area contributed by atoms with Gasteiger partial charge in [-0.1, -0.05) is 11.8 Å². The summed E-state index contributed by atoms with van der Waals surface area (Å²) in [6.07, 6.45) is 1.43. The number of carbonyl (C=O) groups excluding carboxylic acids is 1. The maximum atomic E-state index is 13.9. The van der Waals surface area contributed by atoms with E-state index in [0.29, 0.717) is 16.8 Å². The van der Waals surface area contributed by atoms with Crippen molar-refractivity contribution in [2.24, 2.45) is 7.05 Å². The Balaban J connectivity index is 2.20. The molecule has 1 aromatic carbocycles. The van der Waals surface area contributed by atoms with E-state index in [1.54, 1.807) is 24.7 Å². The standard InChI is InChI=1S/C15H14FN3O2/c1-10-12(9-17-19(10)2)15(21)18-14-6-5-11(4-3-7-20)8-13(14)16/h5-6,8-9,20H,7H2,1-2H3,(H,18,21). The van der Waals surface area contributed by atoms with Gasteiger partial charge in [0.05, 0.1) is 17.4 Å². The second kappa shape index (κ2) is 6.20. The van der Waals surface area contributed by atoms with Crippen LogP contribution in [-0.4, -0.2) is 27.4 Å². The highest BCUT2D eigenvalue weighted by molar-refractivity contribution is 6.04. The summed E-state index contributed by atoms with van der Waals surface area (Å²) in [5.41, 5.74) is 1.58. The molecule has 0 bridgehead atoms. The molecule has 2 N–H and O–H groups in total. The van der Waals surface area contributed by atoms with E-state index in [1.165, 1.54) is 18.3 Å². The second-order valence-electron chi connectivity index (χ2n) is 4.38. The third-order valence-electron chi connectivity index (χ3n) is 3.01. The molecule has 1 aromatic heterocycles. The highest BCUT2D eigenvalue weighted by atomic mass is 19.1. The quantitative estimate of drug-likeness (QED) is 0.822. The number of nitrogens with one attached hydrogen (secondary N) is 1. The molecule has 0 aliphatic rings. The van der Waals surface area contributed by atoms with Gasteiger partial charge in [-0.3, -0.25) is 9.48 Å². The number of halogens is 1. The Labute approximate surface area is 121 Å². The molecule has 6 heteroatoms.